The highest BCUT2D eigenvalue weighted by atomic mass is 14.8. The Morgan fingerprint density at radius 1 is 1.14 bits per heavy atom. The molecule has 1 aromatic carbocycles. The van der Waals surface area contributed by atoms with E-state index in [1.807, 2.05) is 13.1 Å². The molecule has 0 radical (unpaired) electrons. The van der Waals surface area contributed by atoms with Crippen molar-refractivity contribution in [1.82, 2.24) is 5.32 Å². The number of hydrogen-bond donors (Lipinski definition) is 1. The van der Waals surface area contributed by atoms with Gasteiger partial charge in [-0.15, -0.1) is 0 Å². The molecule has 1 N–H and O–H groups in total. The molecule has 0 aliphatic heterocycles. The molecule has 0 aliphatic carbocycles. The van der Waals surface area contributed by atoms with Gasteiger partial charge >= 0.3 is 0 Å². The van der Waals surface area contributed by atoms with Gasteiger partial charge in [-0.2, -0.15) is 0 Å². The van der Waals surface area contributed by atoms with Crippen molar-refractivity contribution < 1.29 is 0 Å². The Labute approximate surface area is 86.8 Å². The minimum atomic E-state index is 0.171. The van der Waals surface area contributed by atoms with Gasteiger partial charge in [0.2, 0.25) is 0 Å². The zero-order valence-electron chi connectivity index (χ0n) is 9.46. The molecule has 0 unspecified atom stereocenters. The highest BCUT2D eigenvalue weighted by molar-refractivity contribution is 5.69. The molecule has 14 heavy (non-hydrogen) atoms. The van der Waals surface area contributed by atoms with Crippen molar-refractivity contribution in [3.05, 3.63) is 42.1 Å². The van der Waals surface area contributed by atoms with Gasteiger partial charge in [-0.25, -0.2) is 0 Å². The van der Waals surface area contributed by atoms with Crippen LogP contribution in [0.2, 0.25) is 0 Å². The number of allylic oxidation sites excluding steroid dienone is 1. The molecular formula is C13H19N. The third kappa shape index (κ3) is 2.63. The van der Waals surface area contributed by atoms with Gasteiger partial charge < -0.3 is 5.32 Å². The summed E-state index contributed by atoms with van der Waals surface area (Å²) in [6, 6.07) is 10.5. The largest absolute Gasteiger partial charge is 0.394 e. The molecule has 0 aromatic heterocycles. The van der Waals surface area contributed by atoms with Gasteiger partial charge in [0.1, 0.15) is 0 Å². The second-order valence-corrected chi connectivity index (χ2v) is 4.46. The van der Waals surface area contributed by atoms with Gasteiger partial charge in [-0.05, 0) is 16.6 Å². The highest BCUT2D eigenvalue weighted by Gasteiger charge is 2.17. The summed E-state index contributed by atoms with van der Waals surface area (Å²) in [5.74, 6) is 0. The zero-order chi connectivity index (χ0) is 10.6. The summed E-state index contributed by atoms with van der Waals surface area (Å²) < 4.78 is 0. The number of benzene rings is 1. The van der Waals surface area contributed by atoms with Crippen molar-refractivity contribution in [2.45, 2.75) is 20.8 Å². The van der Waals surface area contributed by atoms with Gasteiger partial charge in [0.05, 0.1) is 0 Å². The molecule has 0 heterocycles. The van der Waals surface area contributed by atoms with Crippen LogP contribution in [0, 0.1) is 5.41 Å². The van der Waals surface area contributed by atoms with Crippen molar-refractivity contribution in [3.63, 3.8) is 0 Å². The second-order valence-electron chi connectivity index (χ2n) is 4.46. The predicted octanol–water partition coefficient (Wildman–Crippen LogP) is 3.29. The van der Waals surface area contributed by atoms with Crippen molar-refractivity contribution in [3.8, 4) is 0 Å². The smallest absolute Gasteiger partial charge is 0.00278 e. The Hall–Kier alpha value is -1.24. The summed E-state index contributed by atoms with van der Waals surface area (Å²) in [5.41, 5.74) is 2.79. The van der Waals surface area contributed by atoms with E-state index in [2.05, 4.69) is 56.6 Å². The van der Waals surface area contributed by atoms with Crippen LogP contribution in [0.15, 0.2) is 36.5 Å². The topological polar surface area (TPSA) is 12.0 Å². The van der Waals surface area contributed by atoms with Gasteiger partial charge in [-0.3, -0.25) is 0 Å². The first-order valence-corrected chi connectivity index (χ1v) is 4.99. The number of hydrogen-bond acceptors (Lipinski definition) is 1. The molecule has 1 heteroatoms. The molecule has 0 fully saturated rings. The van der Waals surface area contributed by atoms with Crippen molar-refractivity contribution in [1.29, 1.82) is 0 Å². The van der Waals surface area contributed by atoms with Gasteiger partial charge in [0, 0.05) is 13.2 Å². The first-order chi connectivity index (χ1) is 6.55. The standard InChI is InChI=1S/C13H19N/c1-13(2,3)12(10-14-4)11-8-6-5-7-9-11/h5-10,14H,1-4H3/b12-10+. The third-order valence-corrected chi connectivity index (χ3v) is 2.18. The molecule has 0 saturated carbocycles. The zero-order valence-corrected chi connectivity index (χ0v) is 9.46. The Balaban J connectivity index is 3.09. The van der Waals surface area contributed by atoms with E-state index in [9.17, 15) is 0 Å². The fraction of sp³-hybridized carbons (Fsp3) is 0.385. The third-order valence-electron chi connectivity index (χ3n) is 2.18. The Kier molecular flexibility index (Phi) is 3.34. The van der Waals surface area contributed by atoms with E-state index in [1.54, 1.807) is 0 Å². The normalized spacial score (nSPS) is 12.7. The fourth-order valence-electron chi connectivity index (χ4n) is 1.49. The lowest BCUT2D eigenvalue weighted by atomic mass is 9.83. The van der Waals surface area contributed by atoms with Crippen LogP contribution in [0.5, 0.6) is 0 Å². The monoisotopic (exact) mass is 189 g/mol. The van der Waals surface area contributed by atoms with Crippen LogP contribution in [0.3, 0.4) is 0 Å². The molecule has 0 spiro atoms. The predicted molar refractivity (Wildman–Crippen MR) is 62.9 cm³/mol. The van der Waals surface area contributed by atoms with E-state index in [0.717, 1.165) is 0 Å². The lowest BCUT2D eigenvalue weighted by Crippen LogP contribution is -2.11. The molecule has 1 rings (SSSR count). The SMILES string of the molecule is CN/C=C(\c1ccccc1)C(C)(C)C. The van der Waals surface area contributed by atoms with E-state index in [1.165, 1.54) is 11.1 Å². The van der Waals surface area contributed by atoms with Crippen LogP contribution in [-0.2, 0) is 0 Å². The van der Waals surface area contributed by atoms with Gasteiger partial charge in [0.15, 0.2) is 0 Å². The first-order valence-electron chi connectivity index (χ1n) is 4.99. The fourth-order valence-corrected chi connectivity index (χ4v) is 1.49. The molecule has 0 aliphatic rings. The van der Waals surface area contributed by atoms with E-state index in [0.29, 0.717) is 0 Å². The summed E-state index contributed by atoms with van der Waals surface area (Å²) >= 11 is 0. The first kappa shape index (κ1) is 10.8. The van der Waals surface area contributed by atoms with Crippen molar-refractivity contribution in [2.24, 2.45) is 5.41 Å². The minimum absolute atomic E-state index is 0.171. The van der Waals surface area contributed by atoms with Gasteiger partial charge in [0.25, 0.3) is 0 Å². The minimum Gasteiger partial charge on any atom is -0.394 e. The maximum absolute atomic E-state index is 3.11. The lowest BCUT2D eigenvalue weighted by molar-refractivity contribution is 0.564. The maximum Gasteiger partial charge on any atom is 0.00278 e. The molecule has 0 bridgehead atoms. The molecule has 76 valence electrons. The molecule has 0 atom stereocenters. The molecule has 0 saturated heterocycles. The van der Waals surface area contributed by atoms with Crippen molar-refractivity contribution in [2.75, 3.05) is 7.05 Å². The van der Waals surface area contributed by atoms with Crippen LogP contribution in [-0.4, -0.2) is 7.05 Å². The molecule has 1 nitrogen and oxygen atoms in total. The van der Waals surface area contributed by atoms with Crippen LogP contribution >= 0.6 is 0 Å². The molecule has 1 aromatic rings. The van der Waals surface area contributed by atoms with E-state index in [4.69, 9.17) is 0 Å². The summed E-state index contributed by atoms with van der Waals surface area (Å²) in [7, 11) is 1.94. The lowest BCUT2D eigenvalue weighted by Gasteiger charge is -2.23. The van der Waals surface area contributed by atoms with Crippen LogP contribution in [0.25, 0.3) is 5.57 Å². The van der Waals surface area contributed by atoms with Crippen molar-refractivity contribution >= 4 is 5.57 Å². The average molecular weight is 189 g/mol. The summed E-state index contributed by atoms with van der Waals surface area (Å²) in [5, 5.41) is 3.11. The summed E-state index contributed by atoms with van der Waals surface area (Å²) in [4.78, 5) is 0. The maximum atomic E-state index is 3.11. The summed E-state index contributed by atoms with van der Waals surface area (Å²) in [6.45, 7) is 6.68. The number of rotatable bonds is 2. The Morgan fingerprint density at radius 3 is 2.14 bits per heavy atom. The highest BCUT2D eigenvalue weighted by Crippen LogP contribution is 2.32. The molecular weight excluding hydrogens is 170 g/mol. The Morgan fingerprint density at radius 2 is 1.71 bits per heavy atom. The average Bonchev–Trinajstić information content (AvgIpc) is 2.14. The van der Waals surface area contributed by atoms with E-state index < -0.39 is 0 Å². The van der Waals surface area contributed by atoms with Crippen LogP contribution < -0.4 is 5.32 Å². The van der Waals surface area contributed by atoms with E-state index in [-0.39, 0.29) is 5.41 Å². The quantitative estimate of drug-likeness (QED) is 0.752. The summed E-state index contributed by atoms with van der Waals surface area (Å²) in [6.07, 6.45) is 2.08. The van der Waals surface area contributed by atoms with Crippen LogP contribution in [0.4, 0.5) is 0 Å². The second kappa shape index (κ2) is 4.32. The molecule has 0 amide bonds. The van der Waals surface area contributed by atoms with E-state index >= 15 is 0 Å². The Bertz CT molecular complexity index is 304. The van der Waals surface area contributed by atoms with Crippen LogP contribution in [0.1, 0.15) is 26.3 Å². The van der Waals surface area contributed by atoms with Gasteiger partial charge in [-0.1, -0.05) is 51.1 Å². The number of nitrogens with one attached hydrogen (secondary N) is 1.